The largest absolute Gasteiger partial charge is 0.481 e. The highest BCUT2D eigenvalue weighted by molar-refractivity contribution is 5.66. The van der Waals surface area contributed by atoms with Crippen molar-refractivity contribution in [3.05, 3.63) is 35.4 Å². The second kappa shape index (κ2) is 5.82. The van der Waals surface area contributed by atoms with Crippen LogP contribution in [-0.2, 0) is 16.0 Å². The van der Waals surface area contributed by atoms with E-state index < -0.39 is 5.97 Å². The van der Waals surface area contributed by atoms with Crippen molar-refractivity contribution in [3.8, 4) is 0 Å². The summed E-state index contributed by atoms with van der Waals surface area (Å²) in [5.41, 5.74) is 2.71. The van der Waals surface area contributed by atoms with Gasteiger partial charge in [0.25, 0.3) is 0 Å². The first-order valence-electron chi connectivity index (χ1n) is 6.18. The highest BCUT2D eigenvalue weighted by Crippen LogP contribution is 2.35. The van der Waals surface area contributed by atoms with Crippen molar-refractivity contribution < 1.29 is 14.6 Å². The third-order valence-corrected chi connectivity index (χ3v) is 3.16. The molecular weight excluding hydrogens is 216 g/mol. The van der Waals surface area contributed by atoms with E-state index in [9.17, 15) is 4.79 Å². The van der Waals surface area contributed by atoms with E-state index in [0.29, 0.717) is 0 Å². The summed E-state index contributed by atoms with van der Waals surface area (Å²) >= 11 is 0. The van der Waals surface area contributed by atoms with Crippen molar-refractivity contribution in [3.63, 3.8) is 0 Å². The van der Waals surface area contributed by atoms with Gasteiger partial charge in [-0.3, -0.25) is 4.79 Å². The summed E-state index contributed by atoms with van der Waals surface area (Å²) in [7, 11) is 0. The van der Waals surface area contributed by atoms with Crippen molar-refractivity contribution in [2.24, 2.45) is 0 Å². The lowest BCUT2D eigenvalue weighted by Gasteiger charge is -2.29. The normalized spacial score (nSPS) is 17.3. The van der Waals surface area contributed by atoms with Gasteiger partial charge in [0.2, 0.25) is 0 Å². The Labute approximate surface area is 101 Å². The predicted molar refractivity (Wildman–Crippen MR) is 64.9 cm³/mol. The summed E-state index contributed by atoms with van der Waals surface area (Å²) in [5, 5.41) is 8.48. The van der Waals surface area contributed by atoms with E-state index in [0.717, 1.165) is 32.3 Å². The van der Waals surface area contributed by atoms with E-state index in [4.69, 9.17) is 9.84 Å². The Morgan fingerprint density at radius 3 is 2.88 bits per heavy atom. The number of unbranched alkanes of at least 4 members (excludes halogenated alkanes) is 2. The summed E-state index contributed by atoms with van der Waals surface area (Å²) in [4.78, 5) is 10.3. The van der Waals surface area contributed by atoms with E-state index in [1.165, 1.54) is 11.1 Å². The van der Waals surface area contributed by atoms with Crippen LogP contribution in [0.2, 0.25) is 0 Å². The molecule has 0 fully saturated rings. The van der Waals surface area contributed by atoms with E-state index in [2.05, 4.69) is 18.2 Å². The van der Waals surface area contributed by atoms with Crippen LogP contribution >= 0.6 is 0 Å². The first-order chi connectivity index (χ1) is 8.27. The molecule has 0 spiro atoms. The van der Waals surface area contributed by atoms with Gasteiger partial charge in [-0.05, 0) is 24.0 Å². The Bertz CT molecular complexity index is 387. The lowest BCUT2D eigenvalue weighted by Crippen LogP contribution is -2.20. The molecule has 1 unspecified atom stereocenters. The predicted octanol–water partition coefficient (Wildman–Crippen LogP) is 2.95. The molecule has 1 aromatic carbocycles. The molecular formula is C14H18O3. The van der Waals surface area contributed by atoms with Crippen molar-refractivity contribution in [2.45, 2.75) is 38.2 Å². The highest BCUT2D eigenvalue weighted by Gasteiger charge is 2.25. The summed E-state index contributed by atoms with van der Waals surface area (Å²) in [6, 6.07) is 8.36. The molecule has 0 aliphatic heterocycles. The van der Waals surface area contributed by atoms with Crippen LogP contribution in [0.4, 0.5) is 0 Å². The molecule has 0 aromatic heterocycles. The molecule has 1 N–H and O–H groups in total. The fraction of sp³-hybridized carbons (Fsp3) is 0.500. The molecule has 1 aliphatic carbocycles. The number of carboxylic acid groups (broad SMARTS) is 1. The number of rotatable bonds is 7. The Hall–Kier alpha value is -1.35. The second-order valence-corrected chi connectivity index (χ2v) is 4.47. The molecule has 0 bridgehead atoms. The molecule has 92 valence electrons. The standard InChI is InChI=1S/C14H18O3/c15-14(16)8-2-1-5-9-17-13-10-11-6-3-4-7-12(11)13/h3-4,6-7,13H,1-2,5,8-10H2,(H,15,16). The minimum Gasteiger partial charge on any atom is -0.481 e. The molecule has 0 amide bonds. The van der Waals surface area contributed by atoms with Gasteiger partial charge in [0.05, 0.1) is 6.10 Å². The third-order valence-electron chi connectivity index (χ3n) is 3.16. The van der Waals surface area contributed by atoms with Gasteiger partial charge in [-0.25, -0.2) is 0 Å². The van der Waals surface area contributed by atoms with Crippen LogP contribution in [0.5, 0.6) is 0 Å². The Morgan fingerprint density at radius 2 is 2.12 bits per heavy atom. The van der Waals surface area contributed by atoms with Crippen molar-refractivity contribution in [2.75, 3.05) is 6.61 Å². The average molecular weight is 234 g/mol. The Morgan fingerprint density at radius 1 is 1.29 bits per heavy atom. The van der Waals surface area contributed by atoms with E-state index in [-0.39, 0.29) is 12.5 Å². The molecule has 0 heterocycles. The van der Waals surface area contributed by atoms with Gasteiger partial charge in [0, 0.05) is 19.4 Å². The maximum Gasteiger partial charge on any atom is 0.303 e. The van der Waals surface area contributed by atoms with Crippen LogP contribution < -0.4 is 0 Å². The van der Waals surface area contributed by atoms with Crippen LogP contribution in [0.1, 0.15) is 42.9 Å². The summed E-state index contributed by atoms with van der Waals surface area (Å²) in [6.07, 6.45) is 4.19. The van der Waals surface area contributed by atoms with Crippen LogP contribution in [0.3, 0.4) is 0 Å². The number of carboxylic acids is 1. The number of ether oxygens (including phenoxy) is 1. The number of hydrogen-bond donors (Lipinski definition) is 1. The van der Waals surface area contributed by atoms with Crippen molar-refractivity contribution >= 4 is 5.97 Å². The number of benzene rings is 1. The number of hydrogen-bond acceptors (Lipinski definition) is 2. The van der Waals surface area contributed by atoms with Gasteiger partial charge in [0.1, 0.15) is 0 Å². The quantitative estimate of drug-likeness (QED) is 0.738. The molecule has 3 nitrogen and oxygen atoms in total. The molecule has 1 aromatic rings. The monoisotopic (exact) mass is 234 g/mol. The van der Waals surface area contributed by atoms with Crippen LogP contribution in [0, 0.1) is 0 Å². The van der Waals surface area contributed by atoms with Crippen LogP contribution in [-0.4, -0.2) is 17.7 Å². The van der Waals surface area contributed by atoms with Gasteiger partial charge in [-0.2, -0.15) is 0 Å². The Balaban J connectivity index is 1.57. The van der Waals surface area contributed by atoms with E-state index in [1.54, 1.807) is 0 Å². The molecule has 17 heavy (non-hydrogen) atoms. The number of fused-ring (bicyclic) bond motifs is 1. The van der Waals surface area contributed by atoms with E-state index >= 15 is 0 Å². The van der Waals surface area contributed by atoms with E-state index in [1.807, 2.05) is 6.07 Å². The lowest BCUT2D eigenvalue weighted by molar-refractivity contribution is -0.137. The summed E-state index contributed by atoms with van der Waals surface area (Å²) in [6.45, 7) is 0.735. The van der Waals surface area contributed by atoms with Crippen molar-refractivity contribution in [1.82, 2.24) is 0 Å². The topological polar surface area (TPSA) is 46.5 Å². The lowest BCUT2D eigenvalue weighted by atomic mass is 9.85. The van der Waals surface area contributed by atoms with Gasteiger partial charge in [-0.15, -0.1) is 0 Å². The first kappa shape index (κ1) is 12.1. The van der Waals surface area contributed by atoms with Gasteiger partial charge >= 0.3 is 5.97 Å². The minimum absolute atomic E-state index is 0.269. The molecule has 1 atom stereocenters. The Kier molecular flexibility index (Phi) is 4.15. The molecule has 2 rings (SSSR count). The minimum atomic E-state index is -0.709. The fourth-order valence-corrected chi connectivity index (χ4v) is 2.14. The van der Waals surface area contributed by atoms with Gasteiger partial charge < -0.3 is 9.84 Å². The molecule has 0 saturated carbocycles. The average Bonchev–Trinajstić information content (AvgIpc) is 2.28. The number of carbonyl (C=O) groups is 1. The zero-order valence-electron chi connectivity index (χ0n) is 9.89. The zero-order valence-corrected chi connectivity index (χ0v) is 9.89. The number of aliphatic carboxylic acids is 1. The zero-order chi connectivity index (χ0) is 12.1. The maximum atomic E-state index is 10.3. The third kappa shape index (κ3) is 3.30. The smallest absolute Gasteiger partial charge is 0.303 e. The summed E-state index contributed by atoms with van der Waals surface area (Å²) < 4.78 is 5.76. The maximum absolute atomic E-state index is 10.3. The first-order valence-corrected chi connectivity index (χ1v) is 6.18. The van der Waals surface area contributed by atoms with Gasteiger partial charge in [-0.1, -0.05) is 30.7 Å². The second-order valence-electron chi connectivity index (χ2n) is 4.47. The SMILES string of the molecule is O=C(O)CCCCCOC1Cc2ccccc21. The molecule has 3 heteroatoms. The highest BCUT2D eigenvalue weighted by atomic mass is 16.5. The molecule has 1 aliphatic rings. The summed E-state index contributed by atoms with van der Waals surface area (Å²) in [5.74, 6) is -0.709. The molecule has 0 radical (unpaired) electrons. The van der Waals surface area contributed by atoms with Crippen molar-refractivity contribution in [1.29, 1.82) is 0 Å². The van der Waals surface area contributed by atoms with Crippen LogP contribution in [0.15, 0.2) is 24.3 Å². The van der Waals surface area contributed by atoms with Gasteiger partial charge in [0.15, 0.2) is 0 Å². The fourth-order valence-electron chi connectivity index (χ4n) is 2.14. The molecule has 0 saturated heterocycles. The van der Waals surface area contributed by atoms with Crippen LogP contribution in [0.25, 0.3) is 0 Å².